The molecule has 1 aliphatic heterocycles. The third-order valence-corrected chi connectivity index (χ3v) is 3.88. The molecular formula is C16H14NO3S-. The zero-order chi connectivity index (χ0) is 14.8. The van der Waals surface area contributed by atoms with Gasteiger partial charge in [-0.25, -0.2) is 0 Å². The number of anilines is 1. The van der Waals surface area contributed by atoms with E-state index in [1.807, 2.05) is 48.5 Å². The van der Waals surface area contributed by atoms with Crippen molar-refractivity contribution in [3.63, 3.8) is 0 Å². The lowest BCUT2D eigenvalue weighted by Gasteiger charge is -2.18. The number of hydrogen-bond acceptors (Lipinski definition) is 4. The monoisotopic (exact) mass is 300 g/mol. The Balaban J connectivity index is 1.94. The minimum absolute atomic E-state index is 0.0391. The summed E-state index contributed by atoms with van der Waals surface area (Å²) in [7, 11) is 0. The number of hydrogen-bond donors (Lipinski definition) is 0. The molecule has 0 amide bonds. The van der Waals surface area contributed by atoms with E-state index >= 15 is 0 Å². The normalized spacial score (nSPS) is 14.7. The van der Waals surface area contributed by atoms with Crippen molar-refractivity contribution in [3.8, 4) is 16.9 Å². The number of nitrogens with zero attached hydrogens (tertiary/aromatic N) is 1. The Bertz CT molecular complexity index is 700. The zero-order valence-corrected chi connectivity index (χ0v) is 12.1. The molecule has 1 unspecified atom stereocenters. The van der Waals surface area contributed by atoms with Gasteiger partial charge in [0.1, 0.15) is 0 Å². The Labute approximate surface area is 126 Å². The fraction of sp³-hybridized carbons (Fsp3) is 0.125. The highest BCUT2D eigenvalue weighted by Gasteiger charge is 2.24. The van der Waals surface area contributed by atoms with Gasteiger partial charge >= 0.3 is 0 Å². The minimum atomic E-state index is -2.08. The summed E-state index contributed by atoms with van der Waals surface area (Å²) in [4.78, 5) is 1.79. The highest BCUT2D eigenvalue weighted by atomic mass is 32.2. The molecule has 2 aromatic carbocycles. The lowest BCUT2D eigenvalue weighted by atomic mass is 10.0. The standard InChI is InChI=1S/C16H15NO3S/c1-12-17(9-10-21(18)19)15-11-14(7-8-16(15)20-12)13-5-3-2-4-6-13/h2-8,11H,1,9-10H2,(H,18,19)/p-1. The van der Waals surface area contributed by atoms with Crippen LogP contribution >= 0.6 is 0 Å². The number of benzene rings is 2. The Kier molecular flexibility index (Phi) is 3.77. The van der Waals surface area contributed by atoms with Gasteiger partial charge in [0.2, 0.25) is 0 Å². The fourth-order valence-electron chi connectivity index (χ4n) is 2.35. The van der Waals surface area contributed by atoms with Crippen molar-refractivity contribution in [1.29, 1.82) is 0 Å². The molecule has 0 radical (unpaired) electrons. The number of fused-ring (bicyclic) bond motifs is 1. The van der Waals surface area contributed by atoms with E-state index in [-0.39, 0.29) is 5.75 Å². The summed E-state index contributed by atoms with van der Waals surface area (Å²) < 4.78 is 27.1. The Morgan fingerprint density at radius 2 is 1.90 bits per heavy atom. The van der Waals surface area contributed by atoms with Crippen molar-refractivity contribution in [3.05, 3.63) is 61.0 Å². The minimum Gasteiger partial charge on any atom is -0.772 e. The van der Waals surface area contributed by atoms with E-state index in [0.29, 0.717) is 18.2 Å². The van der Waals surface area contributed by atoms with Gasteiger partial charge in [0, 0.05) is 12.3 Å². The van der Waals surface area contributed by atoms with Gasteiger partial charge in [0.15, 0.2) is 11.6 Å². The molecule has 0 aliphatic carbocycles. The maximum absolute atomic E-state index is 10.8. The van der Waals surface area contributed by atoms with Gasteiger partial charge in [-0.3, -0.25) is 4.21 Å². The molecule has 1 heterocycles. The third kappa shape index (κ3) is 2.84. The molecule has 5 heteroatoms. The highest BCUT2D eigenvalue weighted by molar-refractivity contribution is 7.79. The summed E-state index contributed by atoms with van der Waals surface area (Å²) in [6, 6.07) is 15.9. The van der Waals surface area contributed by atoms with E-state index in [0.717, 1.165) is 16.8 Å². The predicted octanol–water partition coefficient (Wildman–Crippen LogP) is 2.90. The summed E-state index contributed by atoms with van der Waals surface area (Å²) in [5.74, 6) is 1.20. The molecule has 0 spiro atoms. The molecular weight excluding hydrogens is 286 g/mol. The molecule has 108 valence electrons. The molecule has 4 nitrogen and oxygen atoms in total. The molecule has 3 rings (SSSR count). The topological polar surface area (TPSA) is 52.6 Å². The molecule has 21 heavy (non-hydrogen) atoms. The van der Waals surface area contributed by atoms with Crippen molar-refractivity contribution < 1.29 is 13.5 Å². The van der Waals surface area contributed by atoms with Crippen LogP contribution in [0.4, 0.5) is 5.69 Å². The van der Waals surface area contributed by atoms with Gasteiger partial charge in [0.05, 0.1) is 5.69 Å². The molecule has 0 bridgehead atoms. The largest absolute Gasteiger partial charge is 0.772 e. The van der Waals surface area contributed by atoms with Gasteiger partial charge in [-0.05, 0) is 29.8 Å². The Morgan fingerprint density at radius 3 is 2.62 bits per heavy atom. The van der Waals surface area contributed by atoms with E-state index in [2.05, 4.69) is 6.58 Å². The molecule has 0 aromatic heterocycles. The van der Waals surface area contributed by atoms with E-state index in [4.69, 9.17) is 4.74 Å². The summed E-state index contributed by atoms with van der Waals surface area (Å²) in [6.07, 6.45) is 0. The lowest BCUT2D eigenvalue weighted by Crippen LogP contribution is -2.24. The van der Waals surface area contributed by atoms with Crippen LogP contribution in [-0.4, -0.2) is 21.1 Å². The average Bonchev–Trinajstić information content (AvgIpc) is 2.80. The molecule has 0 fully saturated rings. The molecule has 1 aliphatic rings. The Morgan fingerprint density at radius 1 is 1.14 bits per heavy atom. The van der Waals surface area contributed by atoms with Crippen LogP contribution in [0.1, 0.15) is 0 Å². The van der Waals surface area contributed by atoms with Crippen LogP contribution in [-0.2, 0) is 11.1 Å². The lowest BCUT2D eigenvalue weighted by molar-refractivity contribution is 0.442. The van der Waals surface area contributed by atoms with Crippen molar-refractivity contribution in [2.75, 3.05) is 17.2 Å². The first-order valence-corrected chi connectivity index (χ1v) is 7.79. The van der Waals surface area contributed by atoms with Crippen molar-refractivity contribution in [2.24, 2.45) is 0 Å². The van der Waals surface area contributed by atoms with Gasteiger partial charge in [-0.2, -0.15) is 0 Å². The quantitative estimate of drug-likeness (QED) is 0.815. The van der Waals surface area contributed by atoms with Crippen LogP contribution in [0, 0.1) is 0 Å². The number of ether oxygens (including phenoxy) is 1. The zero-order valence-electron chi connectivity index (χ0n) is 11.3. The second-order valence-corrected chi connectivity index (χ2v) is 5.72. The molecule has 0 N–H and O–H groups in total. The van der Waals surface area contributed by atoms with Gasteiger partial charge in [0.25, 0.3) is 0 Å². The summed E-state index contributed by atoms with van der Waals surface area (Å²) >= 11 is -2.08. The highest BCUT2D eigenvalue weighted by Crippen LogP contribution is 2.40. The molecule has 1 atom stereocenters. The molecule has 0 saturated carbocycles. The maximum Gasteiger partial charge on any atom is 0.193 e. The van der Waals surface area contributed by atoms with E-state index in [1.165, 1.54) is 0 Å². The van der Waals surface area contributed by atoms with Crippen LogP contribution in [0.2, 0.25) is 0 Å². The second kappa shape index (κ2) is 5.71. The van der Waals surface area contributed by atoms with Crippen LogP contribution in [0.3, 0.4) is 0 Å². The average molecular weight is 300 g/mol. The predicted molar refractivity (Wildman–Crippen MR) is 82.8 cm³/mol. The van der Waals surface area contributed by atoms with Crippen LogP contribution in [0.15, 0.2) is 61.0 Å². The number of rotatable bonds is 4. The van der Waals surface area contributed by atoms with Gasteiger partial charge < -0.3 is 14.2 Å². The first kappa shape index (κ1) is 13.9. The van der Waals surface area contributed by atoms with Gasteiger partial charge in [-0.1, -0.05) is 47.5 Å². The van der Waals surface area contributed by atoms with E-state index < -0.39 is 11.1 Å². The van der Waals surface area contributed by atoms with Crippen LogP contribution in [0.25, 0.3) is 11.1 Å². The van der Waals surface area contributed by atoms with E-state index in [1.54, 1.807) is 4.90 Å². The van der Waals surface area contributed by atoms with Crippen LogP contribution < -0.4 is 9.64 Å². The van der Waals surface area contributed by atoms with E-state index in [9.17, 15) is 8.76 Å². The first-order chi connectivity index (χ1) is 10.1. The summed E-state index contributed by atoms with van der Waals surface area (Å²) in [5.41, 5.74) is 3.01. The van der Waals surface area contributed by atoms with Crippen molar-refractivity contribution in [1.82, 2.24) is 0 Å². The third-order valence-electron chi connectivity index (χ3n) is 3.37. The van der Waals surface area contributed by atoms with Crippen molar-refractivity contribution in [2.45, 2.75) is 0 Å². The maximum atomic E-state index is 10.8. The SMILES string of the molecule is C=C1Oc2ccc(-c3ccccc3)cc2N1CCS(=O)[O-]. The first-order valence-electron chi connectivity index (χ1n) is 6.55. The summed E-state index contributed by atoms with van der Waals surface area (Å²) in [6.45, 7) is 4.17. The second-order valence-electron chi connectivity index (χ2n) is 4.70. The van der Waals surface area contributed by atoms with Crippen molar-refractivity contribution >= 4 is 16.8 Å². The van der Waals surface area contributed by atoms with Gasteiger partial charge in [-0.15, -0.1) is 0 Å². The smallest absolute Gasteiger partial charge is 0.193 e. The van der Waals surface area contributed by atoms with Crippen LogP contribution in [0.5, 0.6) is 5.75 Å². The Hall–Kier alpha value is -2.11. The fourth-order valence-corrected chi connectivity index (χ4v) is 2.68. The molecule has 2 aromatic rings. The molecule has 0 saturated heterocycles. The summed E-state index contributed by atoms with van der Waals surface area (Å²) in [5, 5.41) is 0.